The lowest BCUT2D eigenvalue weighted by atomic mass is 9.86. The molecule has 1 aromatic carbocycles. The summed E-state index contributed by atoms with van der Waals surface area (Å²) in [6.07, 6.45) is 6.39. The van der Waals surface area contributed by atoms with Gasteiger partial charge in [-0.25, -0.2) is 13.2 Å². The van der Waals surface area contributed by atoms with Gasteiger partial charge in [0, 0.05) is 32.3 Å². The van der Waals surface area contributed by atoms with Crippen molar-refractivity contribution >= 4 is 5.97 Å². The number of aryl methyl sites for hydroxylation is 1. The maximum atomic E-state index is 14.6. The summed E-state index contributed by atoms with van der Waals surface area (Å²) >= 11 is 0. The number of likely N-dealkylation sites (tertiary alicyclic amines) is 1. The Balaban J connectivity index is 1.37. The van der Waals surface area contributed by atoms with Gasteiger partial charge < -0.3 is 10.0 Å². The molecule has 3 unspecified atom stereocenters. The molecule has 2 aromatic rings. The van der Waals surface area contributed by atoms with Crippen LogP contribution in [0.5, 0.6) is 0 Å². The molecule has 1 saturated heterocycles. The van der Waals surface area contributed by atoms with Crippen molar-refractivity contribution in [1.29, 1.82) is 0 Å². The highest BCUT2D eigenvalue weighted by Crippen LogP contribution is 2.44. The van der Waals surface area contributed by atoms with E-state index in [9.17, 15) is 23.1 Å². The molecule has 39 heavy (non-hydrogen) atoms. The second kappa shape index (κ2) is 12.4. The molecular formula is C30H43F3N4O2. The largest absolute Gasteiger partial charge is 0.480 e. The van der Waals surface area contributed by atoms with Gasteiger partial charge in [0.2, 0.25) is 0 Å². The molecule has 2 aliphatic rings. The van der Waals surface area contributed by atoms with Crippen LogP contribution in [0.1, 0.15) is 69.4 Å². The summed E-state index contributed by atoms with van der Waals surface area (Å²) in [6.45, 7) is 6.44. The fourth-order valence-corrected chi connectivity index (χ4v) is 6.86. The summed E-state index contributed by atoms with van der Waals surface area (Å²) in [4.78, 5) is 16.4. The van der Waals surface area contributed by atoms with Crippen molar-refractivity contribution < 1.29 is 23.1 Å². The third-order valence-corrected chi connectivity index (χ3v) is 9.04. The maximum absolute atomic E-state index is 14.6. The van der Waals surface area contributed by atoms with E-state index >= 15 is 0 Å². The first kappa shape index (κ1) is 29.6. The second-order valence-corrected chi connectivity index (χ2v) is 12.1. The molecule has 1 N–H and O–H groups in total. The van der Waals surface area contributed by atoms with Gasteiger partial charge in [0.15, 0.2) is 0 Å². The van der Waals surface area contributed by atoms with Gasteiger partial charge in [-0.3, -0.25) is 14.4 Å². The minimum Gasteiger partial charge on any atom is -0.480 e. The van der Waals surface area contributed by atoms with Crippen molar-refractivity contribution in [2.24, 2.45) is 24.8 Å². The lowest BCUT2D eigenvalue weighted by molar-refractivity contribution is -0.145. The van der Waals surface area contributed by atoms with Crippen molar-refractivity contribution in [3.05, 3.63) is 53.6 Å². The van der Waals surface area contributed by atoms with E-state index in [-0.39, 0.29) is 47.5 Å². The number of aromatic nitrogens is 2. The molecule has 6 nitrogen and oxygen atoms in total. The fourth-order valence-electron chi connectivity index (χ4n) is 6.86. The molecule has 0 spiro atoms. The average molecular weight is 549 g/mol. The molecule has 1 saturated carbocycles. The van der Waals surface area contributed by atoms with Crippen LogP contribution in [-0.4, -0.2) is 69.4 Å². The third-order valence-electron chi connectivity index (χ3n) is 9.04. The second-order valence-electron chi connectivity index (χ2n) is 12.1. The Labute approximate surface area is 230 Å². The highest BCUT2D eigenvalue weighted by atomic mass is 19.3. The van der Waals surface area contributed by atoms with E-state index in [1.54, 1.807) is 19.2 Å². The van der Waals surface area contributed by atoms with E-state index < -0.39 is 17.9 Å². The van der Waals surface area contributed by atoms with E-state index in [1.165, 1.54) is 23.1 Å². The van der Waals surface area contributed by atoms with Crippen LogP contribution in [0.2, 0.25) is 0 Å². The van der Waals surface area contributed by atoms with Crippen LogP contribution in [0, 0.1) is 23.6 Å². The summed E-state index contributed by atoms with van der Waals surface area (Å²) in [5, 5.41) is 13.7. The van der Waals surface area contributed by atoms with Crippen LogP contribution in [0.25, 0.3) is 0 Å². The zero-order valence-corrected chi connectivity index (χ0v) is 23.6. The normalized spacial score (nSPS) is 24.1. The number of carboxylic acid groups (broad SMARTS) is 1. The van der Waals surface area contributed by atoms with Crippen LogP contribution < -0.4 is 0 Å². The number of aliphatic carboxylic acids is 1. The Kier molecular flexibility index (Phi) is 9.42. The van der Waals surface area contributed by atoms with E-state index in [4.69, 9.17) is 0 Å². The molecule has 0 bridgehead atoms. The molecule has 2 heterocycles. The molecule has 216 valence electrons. The number of hydrogen-bond donors (Lipinski definition) is 1. The highest BCUT2D eigenvalue weighted by Gasteiger charge is 2.42. The summed E-state index contributed by atoms with van der Waals surface area (Å²) in [5.41, 5.74) is 0.953. The number of hydrogen-bond acceptors (Lipinski definition) is 4. The fraction of sp³-hybridized carbons (Fsp3) is 0.667. The molecule has 1 aliphatic heterocycles. The number of halogens is 3. The highest BCUT2D eigenvalue weighted by molar-refractivity contribution is 5.73. The predicted molar refractivity (Wildman–Crippen MR) is 145 cm³/mol. The van der Waals surface area contributed by atoms with E-state index in [1.807, 2.05) is 31.9 Å². The van der Waals surface area contributed by atoms with E-state index in [0.29, 0.717) is 6.42 Å². The maximum Gasteiger partial charge on any atom is 0.321 e. The molecule has 2 fully saturated rings. The van der Waals surface area contributed by atoms with Crippen LogP contribution in [0.4, 0.5) is 13.2 Å². The van der Waals surface area contributed by atoms with Gasteiger partial charge in [-0.15, -0.1) is 0 Å². The first-order chi connectivity index (χ1) is 18.4. The van der Waals surface area contributed by atoms with Crippen LogP contribution >= 0.6 is 0 Å². The molecule has 0 radical (unpaired) electrons. The molecule has 4 rings (SSSR count). The molecule has 1 aromatic heterocycles. The Morgan fingerprint density at radius 2 is 1.95 bits per heavy atom. The van der Waals surface area contributed by atoms with Crippen molar-refractivity contribution in [2.75, 3.05) is 26.7 Å². The number of benzene rings is 1. The van der Waals surface area contributed by atoms with Gasteiger partial charge >= 0.3 is 5.97 Å². The van der Waals surface area contributed by atoms with Crippen LogP contribution in [0.15, 0.2) is 36.7 Å². The van der Waals surface area contributed by atoms with Gasteiger partial charge in [0.1, 0.15) is 11.9 Å². The summed E-state index contributed by atoms with van der Waals surface area (Å²) in [5.74, 6) is -3.26. The zero-order valence-electron chi connectivity index (χ0n) is 23.6. The van der Waals surface area contributed by atoms with E-state index in [2.05, 4.69) is 10.00 Å². The minimum absolute atomic E-state index is 0.0193. The van der Waals surface area contributed by atoms with Crippen LogP contribution in [-0.2, 0) is 17.8 Å². The van der Waals surface area contributed by atoms with Gasteiger partial charge in [-0.2, -0.15) is 5.10 Å². The number of carboxylic acids is 1. The Hall–Kier alpha value is -2.39. The summed E-state index contributed by atoms with van der Waals surface area (Å²) in [6, 6.07) is 6.33. The number of piperidine rings is 1. The van der Waals surface area contributed by atoms with Gasteiger partial charge in [0.25, 0.3) is 5.92 Å². The number of alkyl halides is 2. The Morgan fingerprint density at radius 1 is 1.23 bits per heavy atom. The van der Waals surface area contributed by atoms with Gasteiger partial charge in [0.05, 0.1) is 11.8 Å². The Bertz CT molecular complexity index is 1100. The molecule has 1 aliphatic carbocycles. The number of carbonyl (C=O) groups is 1. The minimum atomic E-state index is -2.86. The van der Waals surface area contributed by atoms with Crippen molar-refractivity contribution in [2.45, 2.75) is 76.3 Å². The van der Waals surface area contributed by atoms with E-state index in [0.717, 1.165) is 50.9 Å². The smallest absolute Gasteiger partial charge is 0.321 e. The Morgan fingerprint density at radius 3 is 2.54 bits per heavy atom. The monoisotopic (exact) mass is 548 g/mol. The average Bonchev–Trinajstić information content (AvgIpc) is 3.50. The van der Waals surface area contributed by atoms with Crippen molar-refractivity contribution in [3.8, 4) is 0 Å². The van der Waals surface area contributed by atoms with Crippen molar-refractivity contribution in [1.82, 2.24) is 19.6 Å². The quantitative estimate of drug-likeness (QED) is 0.388. The lowest BCUT2D eigenvalue weighted by Gasteiger charge is -2.35. The zero-order chi connectivity index (χ0) is 28.3. The third kappa shape index (κ3) is 7.23. The first-order valence-corrected chi connectivity index (χ1v) is 14.2. The van der Waals surface area contributed by atoms with Crippen LogP contribution in [0.3, 0.4) is 0 Å². The lowest BCUT2D eigenvalue weighted by Crippen LogP contribution is -2.47. The topological polar surface area (TPSA) is 61.6 Å². The molecular weight excluding hydrogens is 505 g/mol. The summed E-state index contributed by atoms with van der Waals surface area (Å²) in [7, 11) is 3.55. The number of nitrogens with zero attached hydrogens (tertiary/aromatic N) is 4. The predicted octanol–water partition coefficient (Wildman–Crippen LogP) is 5.75. The van der Waals surface area contributed by atoms with Crippen molar-refractivity contribution in [3.63, 3.8) is 0 Å². The first-order valence-electron chi connectivity index (χ1n) is 14.2. The van der Waals surface area contributed by atoms with Gasteiger partial charge in [-0.05, 0) is 93.6 Å². The molecule has 4 atom stereocenters. The SMILES string of the molecule is CC(C)[C@H](C(=O)O)N(C)C1CC(CN2CCC(CCC(F)(F)c3cnn(C)c3)CC2)C(c2cccc(F)c2)C1. The van der Waals surface area contributed by atoms with Gasteiger partial charge in [-0.1, -0.05) is 26.0 Å². The number of likely N-dealkylation sites (N-methyl/N-ethyl adjacent to an activating group) is 1. The molecule has 0 amide bonds. The molecule has 9 heteroatoms. The number of rotatable bonds is 11. The summed E-state index contributed by atoms with van der Waals surface area (Å²) < 4.78 is 44.8. The standard InChI is InChI=1S/C30H43F3N4O2/c1-20(2)28(29(38)39)36(4)26-15-23(27(16-26)22-6-5-7-25(31)14-22)18-37-12-9-21(10-13-37)8-11-30(32,33)24-17-34-35(3)19-24/h5-7,14,17,19-21,23,26-28H,8-13,15-16,18H2,1-4H3,(H,38,39)/t23?,26?,27?,28-/m1/s1.